The smallest absolute Gasteiger partial charge is 0.278 e. The Morgan fingerprint density at radius 2 is 2.14 bits per heavy atom. The number of hydrogen-bond donors (Lipinski definition) is 1. The van der Waals surface area contributed by atoms with Gasteiger partial charge in [0.25, 0.3) is 5.69 Å². The number of anilines is 1. The van der Waals surface area contributed by atoms with Crippen LogP contribution in [-0.4, -0.2) is 15.9 Å². The maximum absolute atomic E-state index is 11.2. The lowest BCUT2D eigenvalue weighted by atomic mass is 10.0. The number of pyridine rings is 1. The number of non-ortho nitro benzene ring substituents is 1. The zero-order chi connectivity index (χ0) is 15.0. The fourth-order valence-electron chi connectivity index (χ4n) is 3.17. The van der Waals surface area contributed by atoms with E-state index in [1.54, 1.807) is 12.3 Å². The van der Waals surface area contributed by atoms with E-state index in [1.165, 1.54) is 12.8 Å². The molecule has 1 N–H and O–H groups in total. The van der Waals surface area contributed by atoms with Crippen molar-refractivity contribution in [2.45, 2.75) is 39.2 Å². The number of nitrogens with zero attached hydrogens (tertiary/aromatic N) is 2. The highest BCUT2D eigenvalue weighted by Gasteiger charge is 2.24. The van der Waals surface area contributed by atoms with Crippen molar-refractivity contribution < 1.29 is 4.92 Å². The van der Waals surface area contributed by atoms with Crippen LogP contribution in [0.1, 0.15) is 31.9 Å². The quantitative estimate of drug-likeness (QED) is 0.682. The van der Waals surface area contributed by atoms with Crippen molar-refractivity contribution in [2.75, 3.05) is 5.32 Å². The summed E-state index contributed by atoms with van der Waals surface area (Å²) in [5, 5.41) is 16.2. The van der Waals surface area contributed by atoms with E-state index in [2.05, 4.69) is 17.2 Å². The van der Waals surface area contributed by atoms with Gasteiger partial charge in [0.1, 0.15) is 0 Å². The van der Waals surface area contributed by atoms with Gasteiger partial charge in [-0.3, -0.25) is 15.1 Å². The predicted molar refractivity (Wildman–Crippen MR) is 83.6 cm³/mol. The topological polar surface area (TPSA) is 68.1 Å². The number of benzene rings is 1. The minimum Gasteiger partial charge on any atom is -0.382 e. The fourth-order valence-corrected chi connectivity index (χ4v) is 3.17. The van der Waals surface area contributed by atoms with Gasteiger partial charge in [-0.25, -0.2) is 0 Å². The van der Waals surface area contributed by atoms with Gasteiger partial charge in [-0.15, -0.1) is 0 Å². The van der Waals surface area contributed by atoms with Crippen LogP contribution < -0.4 is 5.32 Å². The molecule has 1 saturated carbocycles. The van der Waals surface area contributed by atoms with Crippen LogP contribution in [0, 0.1) is 23.0 Å². The molecule has 5 nitrogen and oxygen atoms in total. The lowest BCUT2D eigenvalue weighted by molar-refractivity contribution is -0.383. The van der Waals surface area contributed by atoms with Gasteiger partial charge in [0.05, 0.1) is 10.3 Å². The standard InChI is InChI=1S/C16H19N3O2/c1-10-4-3-5-14(10)18-15-6-7-16(19(20)21)13-9-17-11(2)8-12(13)15/h6-10,14,18H,3-5H2,1-2H3. The summed E-state index contributed by atoms with van der Waals surface area (Å²) in [7, 11) is 0. The van der Waals surface area contributed by atoms with Gasteiger partial charge in [0.2, 0.25) is 0 Å². The third-order valence-corrected chi connectivity index (χ3v) is 4.41. The lowest BCUT2D eigenvalue weighted by Crippen LogP contribution is -2.21. The summed E-state index contributed by atoms with van der Waals surface area (Å²) in [6.45, 7) is 4.16. The summed E-state index contributed by atoms with van der Waals surface area (Å²) < 4.78 is 0. The third-order valence-electron chi connectivity index (χ3n) is 4.41. The highest BCUT2D eigenvalue weighted by molar-refractivity contribution is 5.99. The molecule has 1 aromatic carbocycles. The molecule has 3 rings (SSSR count). The number of aryl methyl sites for hydroxylation is 1. The SMILES string of the molecule is Cc1cc2c(NC3CCCC3C)ccc([N+](=O)[O-])c2cn1. The average molecular weight is 285 g/mol. The Morgan fingerprint density at radius 3 is 2.81 bits per heavy atom. The molecule has 1 heterocycles. The number of fused-ring (bicyclic) bond motifs is 1. The highest BCUT2D eigenvalue weighted by Crippen LogP contribution is 2.34. The first-order valence-corrected chi connectivity index (χ1v) is 7.36. The van der Waals surface area contributed by atoms with Gasteiger partial charge in [-0.1, -0.05) is 13.3 Å². The number of nitro groups is 1. The van der Waals surface area contributed by atoms with E-state index in [1.807, 2.05) is 19.1 Å². The number of hydrogen-bond acceptors (Lipinski definition) is 4. The molecule has 5 heteroatoms. The fraction of sp³-hybridized carbons (Fsp3) is 0.438. The monoisotopic (exact) mass is 285 g/mol. The van der Waals surface area contributed by atoms with Crippen molar-refractivity contribution in [1.29, 1.82) is 0 Å². The van der Waals surface area contributed by atoms with Crippen LogP contribution in [0.25, 0.3) is 10.8 Å². The molecule has 0 saturated heterocycles. The van der Waals surface area contributed by atoms with Crippen molar-refractivity contribution in [3.8, 4) is 0 Å². The molecule has 21 heavy (non-hydrogen) atoms. The number of nitrogens with one attached hydrogen (secondary N) is 1. The Hall–Kier alpha value is -2.17. The van der Waals surface area contributed by atoms with Gasteiger partial charge in [-0.2, -0.15) is 0 Å². The van der Waals surface area contributed by atoms with E-state index < -0.39 is 0 Å². The van der Waals surface area contributed by atoms with Gasteiger partial charge in [0, 0.05) is 35.1 Å². The second-order valence-corrected chi connectivity index (χ2v) is 5.92. The first kappa shape index (κ1) is 13.8. The zero-order valence-electron chi connectivity index (χ0n) is 12.3. The molecular formula is C16H19N3O2. The van der Waals surface area contributed by atoms with E-state index in [0.717, 1.165) is 23.2 Å². The molecule has 1 fully saturated rings. The van der Waals surface area contributed by atoms with Crippen molar-refractivity contribution in [1.82, 2.24) is 4.98 Å². The first-order chi connectivity index (χ1) is 10.1. The summed E-state index contributed by atoms with van der Waals surface area (Å²) in [4.78, 5) is 15.0. The molecule has 0 spiro atoms. The highest BCUT2D eigenvalue weighted by atomic mass is 16.6. The summed E-state index contributed by atoms with van der Waals surface area (Å²) in [5.74, 6) is 0.637. The average Bonchev–Trinajstić information content (AvgIpc) is 2.84. The largest absolute Gasteiger partial charge is 0.382 e. The van der Waals surface area contributed by atoms with Crippen molar-refractivity contribution >= 4 is 22.1 Å². The normalized spacial score (nSPS) is 21.6. The minimum atomic E-state index is -0.346. The molecule has 2 unspecified atom stereocenters. The van der Waals surface area contributed by atoms with Crippen LogP contribution in [0.15, 0.2) is 24.4 Å². The van der Waals surface area contributed by atoms with Gasteiger partial charge in [0.15, 0.2) is 0 Å². The van der Waals surface area contributed by atoms with Crippen LogP contribution in [0.4, 0.5) is 11.4 Å². The van der Waals surface area contributed by atoms with Crippen LogP contribution >= 0.6 is 0 Å². The van der Waals surface area contributed by atoms with Gasteiger partial charge < -0.3 is 5.32 Å². The number of aromatic nitrogens is 1. The minimum absolute atomic E-state index is 0.113. The number of nitro benzene ring substituents is 1. The molecule has 2 atom stereocenters. The molecule has 0 radical (unpaired) electrons. The van der Waals surface area contributed by atoms with Crippen molar-refractivity contribution in [3.63, 3.8) is 0 Å². The van der Waals surface area contributed by atoms with Crippen LogP contribution in [-0.2, 0) is 0 Å². The van der Waals surface area contributed by atoms with Crippen molar-refractivity contribution in [2.24, 2.45) is 5.92 Å². The Kier molecular flexibility index (Phi) is 3.49. The molecule has 2 aromatic rings. The van der Waals surface area contributed by atoms with E-state index in [9.17, 15) is 10.1 Å². The molecule has 1 aliphatic carbocycles. The van der Waals surface area contributed by atoms with E-state index in [-0.39, 0.29) is 10.6 Å². The Morgan fingerprint density at radius 1 is 1.33 bits per heavy atom. The Labute approximate surface area is 123 Å². The zero-order valence-corrected chi connectivity index (χ0v) is 12.3. The van der Waals surface area contributed by atoms with Gasteiger partial charge in [-0.05, 0) is 37.8 Å². The third kappa shape index (κ3) is 2.55. The summed E-state index contributed by atoms with van der Waals surface area (Å²) in [6, 6.07) is 5.76. The molecule has 0 aliphatic heterocycles. The van der Waals surface area contributed by atoms with E-state index in [0.29, 0.717) is 17.3 Å². The van der Waals surface area contributed by atoms with Crippen LogP contribution in [0.2, 0.25) is 0 Å². The molecule has 0 bridgehead atoms. The van der Waals surface area contributed by atoms with E-state index >= 15 is 0 Å². The molecular weight excluding hydrogens is 266 g/mol. The van der Waals surface area contributed by atoms with Gasteiger partial charge >= 0.3 is 0 Å². The maximum atomic E-state index is 11.2. The van der Waals surface area contributed by atoms with Crippen LogP contribution in [0.3, 0.4) is 0 Å². The Bertz CT molecular complexity index is 699. The van der Waals surface area contributed by atoms with Crippen molar-refractivity contribution in [3.05, 3.63) is 40.2 Å². The summed E-state index contributed by atoms with van der Waals surface area (Å²) in [6.07, 6.45) is 5.24. The molecule has 1 aromatic heterocycles. The summed E-state index contributed by atoms with van der Waals surface area (Å²) in [5.41, 5.74) is 1.95. The maximum Gasteiger partial charge on any atom is 0.278 e. The second kappa shape index (κ2) is 5.31. The Balaban J connectivity index is 2.08. The summed E-state index contributed by atoms with van der Waals surface area (Å²) >= 11 is 0. The molecule has 0 amide bonds. The number of rotatable bonds is 3. The van der Waals surface area contributed by atoms with E-state index in [4.69, 9.17) is 0 Å². The predicted octanol–water partition coefficient (Wildman–Crippen LogP) is 4.05. The lowest BCUT2D eigenvalue weighted by Gasteiger charge is -2.20. The second-order valence-electron chi connectivity index (χ2n) is 5.92. The molecule has 1 aliphatic rings. The van der Waals surface area contributed by atoms with Crippen LogP contribution in [0.5, 0.6) is 0 Å². The first-order valence-electron chi connectivity index (χ1n) is 7.36. The molecule has 110 valence electrons.